The van der Waals surface area contributed by atoms with Crippen molar-refractivity contribution in [2.75, 3.05) is 33.5 Å². The molecule has 0 saturated heterocycles. The summed E-state index contributed by atoms with van der Waals surface area (Å²) in [5.74, 6) is 0.780. The first kappa shape index (κ1) is 16.3. The predicted octanol–water partition coefficient (Wildman–Crippen LogP) is 0.588. The number of amides is 1. The van der Waals surface area contributed by atoms with Crippen LogP contribution in [0.2, 0.25) is 0 Å². The number of aliphatic hydroxyl groups is 1. The number of aliphatic hydroxyl groups excluding tert-OH is 1. The number of benzene rings is 1. The van der Waals surface area contributed by atoms with Crippen LogP contribution in [-0.4, -0.2) is 50.6 Å². The van der Waals surface area contributed by atoms with Gasteiger partial charge >= 0.3 is 0 Å². The van der Waals surface area contributed by atoms with Crippen LogP contribution in [0.15, 0.2) is 24.3 Å². The summed E-state index contributed by atoms with van der Waals surface area (Å²) in [5.41, 5.74) is 0. The van der Waals surface area contributed by atoms with E-state index in [1.165, 1.54) is 7.11 Å². The molecular formula is C14H21NO5. The summed E-state index contributed by atoms with van der Waals surface area (Å²) < 4.78 is 15.7. The first-order valence-electron chi connectivity index (χ1n) is 6.45. The maximum atomic E-state index is 11.7. The molecule has 0 heterocycles. The molecule has 0 fully saturated rings. The van der Waals surface area contributed by atoms with Gasteiger partial charge in [-0.3, -0.25) is 4.79 Å². The van der Waals surface area contributed by atoms with Gasteiger partial charge in [-0.2, -0.15) is 0 Å². The van der Waals surface area contributed by atoms with E-state index in [1.807, 2.05) is 13.0 Å². The molecule has 1 aromatic rings. The molecular weight excluding hydrogens is 262 g/mol. The van der Waals surface area contributed by atoms with Gasteiger partial charge in [0.25, 0.3) is 5.91 Å². The van der Waals surface area contributed by atoms with Crippen LogP contribution < -0.4 is 14.8 Å². The van der Waals surface area contributed by atoms with Crippen LogP contribution in [0.5, 0.6) is 11.5 Å². The third kappa shape index (κ3) is 5.46. The van der Waals surface area contributed by atoms with Crippen molar-refractivity contribution < 1.29 is 24.1 Å². The lowest BCUT2D eigenvalue weighted by atomic mass is 10.3. The minimum atomic E-state index is -0.432. The summed E-state index contributed by atoms with van der Waals surface area (Å²) in [6.07, 6.45) is 0. The van der Waals surface area contributed by atoms with Crippen molar-refractivity contribution in [1.29, 1.82) is 0 Å². The fourth-order valence-corrected chi connectivity index (χ4v) is 1.60. The average molecular weight is 283 g/mol. The van der Waals surface area contributed by atoms with Gasteiger partial charge in [0.15, 0.2) is 18.1 Å². The summed E-state index contributed by atoms with van der Waals surface area (Å²) in [4.78, 5) is 11.7. The lowest BCUT2D eigenvalue weighted by Gasteiger charge is -2.16. The van der Waals surface area contributed by atoms with Crippen molar-refractivity contribution in [3.8, 4) is 11.5 Å². The lowest BCUT2D eigenvalue weighted by molar-refractivity contribution is -0.124. The highest BCUT2D eigenvalue weighted by Crippen LogP contribution is 2.26. The minimum Gasteiger partial charge on any atom is -0.490 e. The molecule has 0 aromatic heterocycles. The summed E-state index contributed by atoms with van der Waals surface area (Å²) in [6, 6.07) is 6.71. The van der Waals surface area contributed by atoms with Crippen LogP contribution in [0, 0.1) is 0 Å². The number of hydrogen-bond donors (Lipinski definition) is 2. The van der Waals surface area contributed by atoms with E-state index in [2.05, 4.69) is 5.32 Å². The van der Waals surface area contributed by atoms with E-state index in [-0.39, 0.29) is 25.7 Å². The van der Waals surface area contributed by atoms with E-state index >= 15 is 0 Å². The maximum Gasteiger partial charge on any atom is 0.258 e. The number of methoxy groups -OCH3 is 1. The Morgan fingerprint density at radius 1 is 1.30 bits per heavy atom. The summed E-state index contributed by atoms with van der Waals surface area (Å²) in [5, 5.41) is 11.7. The Morgan fingerprint density at radius 3 is 2.50 bits per heavy atom. The molecule has 112 valence electrons. The third-order valence-electron chi connectivity index (χ3n) is 2.46. The number of ether oxygens (including phenoxy) is 3. The van der Waals surface area contributed by atoms with Crippen LogP contribution in [0.25, 0.3) is 0 Å². The van der Waals surface area contributed by atoms with Crippen molar-refractivity contribution in [2.45, 2.75) is 13.0 Å². The molecule has 0 aliphatic carbocycles. The zero-order chi connectivity index (χ0) is 14.8. The molecule has 0 aliphatic rings. The summed E-state index contributed by atoms with van der Waals surface area (Å²) in [7, 11) is 1.50. The molecule has 0 bridgehead atoms. The molecule has 1 unspecified atom stereocenters. The SMILES string of the molecule is CCOc1ccccc1OCC(=O)NC(CO)COC. The van der Waals surface area contributed by atoms with Gasteiger partial charge < -0.3 is 24.6 Å². The van der Waals surface area contributed by atoms with Crippen molar-refractivity contribution >= 4 is 5.91 Å². The van der Waals surface area contributed by atoms with Crippen molar-refractivity contribution in [2.24, 2.45) is 0 Å². The quantitative estimate of drug-likeness (QED) is 0.693. The minimum absolute atomic E-state index is 0.149. The van der Waals surface area contributed by atoms with Gasteiger partial charge in [0.05, 0.1) is 25.9 Å². The molecule has 6 heteroatoms. The first-order valence-corrected chi connectivity index (χ1v) is 6.45. The smallest absolute Gasteiger partial charge is 0.258 e. The van der Waals surface area contributed by atoms with Gasteiger partial charge in [-0.1, -0.05) is 12.1 Å². The van der Waals surface area contributed by atoms with Crippen LogP contribution in [-0.2, 0) is 9.53 Å². The van der Waals surface area contributed by atoms with E-state index in [0.717, 1.165) is 0 Å². The van der Waals surface area contributed by atoms with Crippen molar-refractivity contribution in [1.82, 2.24) is 5.32 Å². The Hall–Kier alpha value is -1.79. The third-order valence-corrected chi connectivity index (χ3v) is 2.46. The van der Waals surface area contributed by atoms with Gasteiger partial charge in [-0.25, -0.2) is 0 Å². The highest BCUT2D eigenvalue weighted by molar-refractivity contribution is 5.78. The highest BCUT2D eigenvalue weighted by atomic mass is 16.5. The average Bonchev–Trinajstić information content (AvgIpc) is 2.46. The molecule has 1 amide bonds. The first-order chi connectivity index (χ1) is 9.71. The molecule has 2 N–H and O–H groups in total. The Bertz CT molecular complexity index is 410. The van der Waals surface area contributed by atoms with Crippen LogP contribution in [0.1, 0.15) is 6.92 Å². The van der Waals surface area contributed by atoms with Gasteiger partial charge in [-0.15, -0.1) is 0 Å². The largest absolute Gasteiger partial charge is 0.490 e. The highest BCUT2D eigenvalue weighted by Gasteiger charge is 2.12. The topological polar surface area (TPSA) is 77.0 Å². The Labute approximate surface area is 118 Å². The fourth-order valence-electron chi connectivity index (χ4n) is 1.60. The number of nitrogens with one attached hydrogen (secondary N) is 1. The molecule has 0 saturated carbocycles. The molecule has 1 atom stereocenters. The van der Waals surface area contributed by atoms with E-state index in [4.69, 9.17) is 19.3 Å². The van der Waals surface area contributed by atoms with Crippen molar-refractivity contribution in [3.63, 3.8) is 0 Å². The van der Waals surface area contributed by atoms with E-state index < -0.39 is 6.04 Å². The molecule has 0 aliphatic heterocycles. The molecule has 1 rings (SSSR count). The summed E-state index contributed by atoms with van der Waals surface area (Å²) >= 11 is 0. The Balaban J connectivity index is 2.48. The van der Waals surface area contributed by atoms with Crippen LogP contribution in [0.4, 0.5) is 0 Å². The second kappa shape index (κ2) is 9.17. The molecule has 20 heavy (non-hydrogen) atoms. The lowest BCUT2D eigenvalue weighted by Crippen LogP contribution is -2.42. The van der Waals surface area contributed by atoms with Gasteiger partial charge in [0.1, 0.15) is 0 Å². The monoisotopic (exact) mass is 283 g/mol. The predicted molar refractivity (Wildman–Crippen MR) is 74.0 cm³/mol. The number of hydrogen-bond acceptors (Lipinski definition) is 5. The molecule has 0 spiro atoms. The standard InChI is InChI=1S/C14H21NO5/c1-3-19-12-6-4-5-7-13(12)20-10-14(17)15-11(8-16)9-18-2/h4-7,11,16H,3,8-10H2,1-2H3,(H,15,17). The number of carbonyl (C=O) groups excluding carboxylic acids is 1. The molecule has 1 aromatic carbocycles. The zero-order valence-electron chi connectivity index (χ0n) is 11.8. The van der Waals surface area contributed by atoms with E-state index in [1.54, 1.807) is 18.2 Å². The van der Waals surface area contributed by atoms with Crippen LogP contribution in [0.3, 0.4) is 0 Å². The van der Waals surface area contributed by atoms with E-state index in [0.29, 0.717) is 18.1 Å². The van der Waals surface area contributed by atoms with Gasteiger partial charge in [-0.05, 0) is 19.1 Å². The molecule has 6 nitrogen and oxygen atoms in total. The second-order valence-corrected chi connectivity index (χ2v) is 4.07. The Kier molecular flexibility index (Phi) is 7.46. The number of rotatable bonds is 9. The second-order valence-electron chi connectivity index (χ2n) is 4.07. The summed E-state index contributed by atoms with van der Waals surface area (Å²) in [6.45, 7) is 2.31. The van der Waals surface area contributed by atoms with Gasteiger partial charge in [0.2, 0.25) is 0 Å². The zero-order valence-corrected chi connectivity index (χ0v) is 11.8. The van der Waals surface area contributed by atoms with Crippen LogP contribution >= 0.6 is 0 Å². The Morgan fingerprint density at radius 2 is 1.95 bits per heavy atom. The number of para-hydroxylation sites is 2. The maximum absolute atomic E-state index is 11.7. The normalized spacial score (nSPS) is 11.8. The van der Waals surface area contributed by atoms with Crippen molar-refractivity contribution in [3.05, 3.63) is 24.3 Å². The molecule has 0 radical (unpaired) electrons. The van der Waals surface area contributed by atoms with E-state index in [9.17, 15) is 4.79 Å². The number of carbonyl (C=O) groups is 1. The van der Waals surface area contributed by atoms with Gasteiger partial charge in [0, 0.05) is 7.11 Å². The fraction of sp³-hybridized carbons (Fsp3) is 0.500.